The Hall–Kier alpha value is -0.0151. The van der Waals surface area contributed by atoms with Crippen molar-refractivity contribution in [3.63, 3.8) is 0 Å². The van der Waals surface area contributed by atoms with E-state index in [0.29, 0.717) is 0 Å². The van der Waals surface area contributed by atoms with Crippen LogP contribution in [0.2, 0.25) is 6.32 Å². The van der Waals surface area contributed by atoms with Gasteiger partial charge in [-0.3, -0.25) is 0 Å². The van der Waals surface area contributed by atoms with Gasteiger partial charge in [0.25, 0.3) is 0 Å². The third kappa shape index (κ3) is 2.56. The van der Waals surface area contributed by atoms with Crippen molar-refractivity contribution in [2.75, 3.05) is 0 Å². The molecule has 0 aromatic heterocycles. The van der Waals surface area contributed by atoms with Gasteiger partial charge in [0, 0.05) is 0 Å². The average molecular weight is 210 g/mol. The van der Waals surface area contributed by atoms with E-state index in [1.54, 1.807) is 0 Å². The van der Waals surface area contributed by atoms with Crippen LogP contribution in [0.15, 0.2) is 0 Å². The Morgan fingerprint density at radius 2 is 1.60 bits per heavy atom. The van der Waals surface area contributed by atoms with Crippen molar-refractivity contribution in [2.45, 2.75) is 70.9 Å². The monoisotopic (exact) mass is 210 g/mol. The second-order valence-electron chi connectivity index (χ2n) is 6.06. The quantitative estimate of drug-likeness (QED) is 0.663. The predicted octanol–water partition coefficient (Wildman–Crippen LogP) is 3.27. The molecule has 0 bridgehead atoms. The summed E-state index contributed by atoms with van der Waals surface area (Å²) < 4.78 is 11.9. The lowest BCUT2D eigenvalue weighted by Crippen LogP contribution is -2.41. The van der Waals surface area contributed by atoms with Crippen molar-refractivity contribution in [2.24, 2.45) is 5.92 Å². The molecule has 15 heavy (non-hydrogen) atoms. The highest BCUT2D eigenvalue weighted by molar-refractivity contribution is 6.45. The van der Waals surface area contributed by atoms with E-state index in [2.05, 4.69) is 27.7 Å². The first-order chi connectivity index (χ1) is 6.91. The van der Waals surface area contributed by atoms with Crippen molar-refractivity contribution in [3.8, 4) is 0 Å². The summed E-state index contributed by atoms with van der Waals surface area (Å²) in [5, 5.41) is 0. The van der Waals surface area contributed by atoms with E-state index in [4.69, 9.17) is 9.31 Å². The predicted molar refractivity (Wildman–Crippen MR) is 62.8 cm³/mol. The first-order valence-corrected chi connectivity index (χ1v) is 6.26. The molecule has 2 nitrogen and oxygen atoms in total. The number of rotatable bonds is 4. The first-order valence-electron chi connectivity index (χ1n) is 6.26. The zero-order chi connectivity index (χ0) is 11.1. The smallest absolute Gasteiger partial charge is 0.403 e. The van der Waals surface area contributed by atoms with E-state index < -0.39 is 0 Å². The van der Waals surface area contributed by atoms with Crippen LogP contribution in [-0.4, -0.2) is 18.3 Å². The van der Waals surface area contributed by atoms with E-state index in [1.165, 1.54) is 25.7 Å². The standard InChI is InChI=1S/C12H23BO2/c1-11(2)12(3,4)15-13(14-11)9-5-6-10-7-8-10/h10H,5-9H2,1-4H3. The maximum atomic E-state index is 5.94. The number of hydrogen-bond acceptors (Lipinski definition) is 2. The Kier molecular flexibility index (Phi) is 2.89. The largest absolute Gasteiger partial charge is 0.457 e. The molecule has 0 spiro atoms. The maximum absolute atomic E-state index is 5.94. The fraction of sp³-hybridized carbons (Fsp3) is 1.00. The first kappa shape index (κ1) is 11.5. The van der Waals surface area contributed by atoms with Gasteiger partial charge in [-0.05, 0) is 39.9 Å². The van der Waals surface area contributed by atoms with Gasteiger partial charge in [0.15, 0.2) is 0 Å². The second kappa shape index (κ2) is 3.78. The van der Waals surface area contributed by atoms with Crippen molar-refractivity contribution in [1.29, 1.82) is 0 Å². The average Bonchev–Trinajstić information content (AvgIpc) is 2.82. The van der Waals surface area contributed by atoms with Gasteiger partial charge >= 0.3 is 7.12 Å². The van der Waals surface area contributed by atoms with Crippen LogP contribution in [0.4, 0.5) is 0 Å². The Bertz CT molecular complexity index is 218. The fourth-order valence-corrected chi connectivity index (χ4v) is 2.06. The summed E-state index contributed by atoms with van der Waals surface area (Å²) in [6, 6.07) is 0. The fourth-order valence-electron chi connectivity index (χ4n) is 2.06. The lowest BCUT2D eigenvalue weighted by Gasteiger charge is -2.32. The van der Waals surface area contributed by atoms with Crippen molar-refractivity contribution < 1.29 is 9.31 Å². The highest BCUT2D eigenvalue weighted by Gasteiger charge is 2.50. The van der Waals surface area contributed by atoms with Crippen LogP contribution >= 0.6 is 0 Å². The van der Waals surface area contributed by atoms with Gasteiger partial charge in [-0.25, -0.2) is 0 Å². The molecule has 2 rings (SSSR count). The van der Waals surface area contributed by atoms with Crippen molar-refractivity contribution >= 4 is 7.12 Å². The molecule has 1 heterocycles. The molecule has 0 aromatic carbocycles. The Morgan fingerprint density at radius 1 is 1.07 bits per heavy atom. The summed E-state index contributed by atoms with van der Waals surface area (Å²) in [5.41, 5.74) is -0.311. The summed E-state index contributed by atoms with van der Waals surface area (Å²) in [6.07, 6.45) is 6.57. The second-order valence-corrected chi connectivity index (χ2v) is 6.06. The molecular weight excluding hydrogens is 187 g/mol. The summed E-state index contributed by atoms with van der Waals surface area (Å²) in [7, 11) is 0.0220. The Balaban J connectivity index is 1.75. The van der Waals surface area contributed by atoms with Crippen LogP contribution in [0.3, 0.4) is 0 Å². The minimum Gasteiger partial charge on any atom is -0.403 e. The highest BCUT2D eigenvalue weighted by atomic mass is 16.7. The van der Waals surface area contributed by atoms with Crippen LogP contribution in [0, 0.1) is 5.92 Å². The van der Waals surface area contributed by atoms with Crippen LogP contribution in [0.1, 0.15) is 53.4 Å². The van der Waals surface area contributed by atoms with Gasteiger partial charge in [0.05, 0.1) is 11.2 Å². The zero-order valence-corrected chi connectivity index (χ0v) is 10.5. The SMILES string of the molecule is CC1(C)OB(CCCC2CC2)OC1(C)C. The minimum atomic E-state index is -0.156. The van der Waals surface area contributed by atoms with Gasteiger partial charge in [-0.1, -0.05) is 25.7 Å². The molecule has 1 saturated heterocycles. The van der Waals surface area contributed by atoms with Gasteiger partial charge in [-0.15, -0.1) is 0 Å². The van der Waals surface area contributed by atoms with E-state index in [-0.39, 0.29) is 18.3 Å². The van der Waals surface area contributed by atoms with Crippen LogP contribution in [-0.2, 0) is 9.31 Å². The molecule has 86 valence electrons. The molecule has 2 aliphatic rings. The van der Waals surface area contributed by atoms with E-state index in [0.717, 1.165) is 12.2 Å². The Labute approximate surface area is 93.9 Å². The third-order valence-corrected chi connectivity index (χ3v) is 4.05. The molecule has 1 aliphatic carbocycles. The molecule has 3 heteroatoms. The lowest BCUT2D eigenvalue weighted by atomic mass is 9.82. The van der Waals surface area contributed by atoms with E-state index in [1.807, 2.05) is 0 Å². The topological polar surface area (TPSA) is 18.5 Å². The molecular formula is C12H23BO2. The van der Waals surface area contributed by atoms with Crippen LogP contribution in [0.25, 0.3) is 0 Å². The summed E-state index contributed by atoms with van der Waals surface area (Å²) >= 11 is 0. The summed E-state index contributed by atoms with van der Waals surface area (Å²) in [6.45, 7) is 8.48. The number of hydrogen-bond donors (Lipinski definition) is 0. The van der Waals surface area contributed by atoms with Crippen molar-refractivity contribution in [3.05, 3.63) is 0 Å². The molecule has 0 aromatic rings. The Morgan fingerprint density at radius 3 is 2.07 bits per heavy atom. The molecule has 0 N–H and O–H groups in total. The summed E-state index contributed by atoms with van der Waals surface area (Å²) in [4.78, 5) is 0. The molecule has 0 amide bonds. The maximum Gasteiger partial charge on any atom is 0.457 e. The highest BCUT2D eigenvalue weighted by Crippen LogP contribution is 2.39. The molecule has 0 radical (unpaired) electrons. The normalized spacial score (nSPS) is 28.4. The molecule has 1 saturated carbocycles. The van der Waals surface area contributed by atoms with Gasteiger partial charge in [0.2, 0.25) is 0 Å². The molecule has 0 atom stereocenters. The van der Waals surface area contributed by atoms with E-state index >= 15 is 0 Å². The van der Waals surface area contributed by atoms with Gasteiger partial charge in [-0.2, -0.15) is 0 Å². The van der Waals surface area contributed by atoms with Gasteiger partial charge in [0.1, 0.15) is 0 Å². The van der Waals surface area contributed by atoms with Crippen molar-refractivity contribution in [1.82, 2.24) is 0 Å². The minimum absolute atomic E-state index is 0.0220. The summed E-state index contributed by atoms with van der Waals surface area (Å²) in [5.74, 6) is 1.02. The molecule has 1 aliphatic heterocycles. The molecule has 0 unspecified atom stereocenters. The molecule has 2 fully saturated rings. The van der Waals surface area contributed by atoms with E-state index in [9.17, 15) is 0 Å². The zero-order valence-electron chi connectivity index (χ0n) is 10.5. The van der Waals surface area contributed by atoms with Gasteiger partial charge < -0.3 is 9.31 Å². The van der Waals surface area contributed by atoms with Crippen LogP contribution < -0.4 is 0 Å². The third-order valence-electron chi connectivity index (χ3n) is 4.05. The van der Waals surface area contributed by atoms with Crippen LogP contribution in [0.5, 0.6) is 0 Å². The lowest BCUT2D eigenvalue weighted by molar-refractivity contribution is 0.00578.